The highest BCUT2D eigenvalue weighted by Crippen LogP contribution is 2.33. The molecule has 7 nitrogen and oxygen atoms in total. The van der Waals surface area contributed by atoms with Crippen LogP contribution in [0.3, 0.4) is 0 Å². The predicted molar refractivity (Wildman–Crippen MR) is 149 cm³/mol. The van der Waals surface area contributed by atoms with Gasteiger partial charge in [0.25, 0.3) is 0 Å². The van der Waals surface area contributed by atoms with Crippen molar-refractivity contribution in [1.29, 1.82) is 0 Å². The predicted octanol–water partition coefficient (Wildman–Crippen LogP) is 7.06. The number of amides is 3. The Bertz CT molecular complexity index is 1460. The first-order chi connectivity index (χ1) is 19.1. The van der Waals surface area contributed by atoms with Gasteiger partial charge in [-0.15, -0.1) is 0 Å². The first-order valence-electron chi connectivity index (χ1n) is 12.8. The number of carbonyl (C=O) groups excluding carboxylic acids is 2. The number of halogens is 3. The Balaban J connectivity index is 1.58. The minimum absolute atomic E-state index is 0.193. The minimum atomic E-state index is -4.48. The second-order valence-electron chi connectivity index (χ2n) is 9.40. The summed E-state index contributed by atoms with van der Waals surface area (Å²) in [6.45, 7) is 5.70. The maximum Gasteiger partial charge on any atom is 0.416 e. The van der Waals surface area contributed by atoms with Gasteiger partial charge in [-0.1, -0.05) is 55.0 Å². The van der Waals surface area contributed by atoms with Crippen LogP contribution in [0.4, 0.5) is 29.5 Å². The number of aromatic nitrogens is 2. The molecular formula is C30H30F3N5O2. The average Bonchev–Trinajstić information content (AvgIpc) is 3.24. The Morgan fingerprint density at radius 3 is 2.15 bits per heavy atom. The normalized spacial score (nSPS) is 11.2. The van der Waals surface area contributed by atoms with E-state index >= 15 is 0 Å². The quantitative estimate of drug-likeness (QED) is 0.247. The van der Waals surface area contributed by atoms with Gasteiger partial charge in [-0.05, 0) is 62.2 Å². The molecule has 40 heavy (non-hydrogen) atoms. The van der Waals surface area contributed by atoms with E-state index in [1.165, 1.54) is 17.0 Å². The second-order valence-corrected chi connectivity index (χ2v) is 9.40. The third kappa shape index (κ3) is 6.69. The van der Waals surface area contributed by atoms with E-state index in [4.69, 9.17) is 5.10 Å². The van der Waals surface area contributed by atoms with E-state index in [1.807, 2.05) is 75.4 Å². The highest BCUT2D eigenvalue weighted by Gasteiger charge is 2.30. The van der Waals surface area contributed by atoms with Gasteiger partial charge in [0, 0.05) is 17.8 Å². The van der Waals surface area contributed by atoms with Crippen molar-refractivity contribution in [2.45, 2.75) is 33.4 Å². The zero-order valence-corrected chi connectivity index (χ0v) is 22.4. The average molecular weight is 550 g/mol. The third-order valence-corrected chi connectivity index (χ3v) is 6.24. The van der Waals surface area contributed by atoms with E-state index in [1.54, 1.807) is 4.68 Å². The van der Waals surface area contributed by atoms with Gasteiger partial charge in [0.1, 0.15) is 12.4 Å². The number of aryl methyl sites for hydroxylation is 2. The minimum Gasteiger partial charge on any atom is -0.315 e. The van der Waals surface area contributed by atoms with Crippen LogP contribution in [-0.4, -0.2) is 39.7 Å². The zero-order chi connectivity index (χ0) is 28.9. The molecule has 0 saturated heterocycles. The van der Waals surface area contributed by atoms with E-state index in [-0.39, 0.29) is 18.8 Å². The Labute approximate surface area is 230 Å². The van der Waals surface area contributed by atoms with Crippen LogP contribution < -0.4 is 10.6 Å². The lowest BCUT2D eigenvalue weighted by Crippen LogP contribution is -2.41. The summed E-state index contributed by atoms with van der Waals surface area (Å²) in [4.78, 5) is 27.6. The summed E-state index contributed by atoms with van der Waals surface area (Å²) in [5.74, 6) is 0.0265. The number of alkyl halides is 3. The summed E-state index contributed by atoms with van der Waals surface area (Å²) in [6.07, 6.45) is -3.90. The van der Waals surface area contributed by atoms with Gasteiger partial charge >= 0.3 is 12.2 Å². The highest BCUT2D eigenvalue weighted by molar-refractivity contribution is 5.99. The summed E-state index contributed by atoms with van der Waals surface area (Å²) in [6, 6.07) is 20.8. The van der Waals surface area contributed by atoms with Crippen molar-refractivity contribution in [1.82, 2.24) is 14.7 Å². The van der Waals surface area contributed by atoms with E-state index in [9.17, 15) is 22.8 Å². The van der Waals surface area contributed by atoms with Gasteiger partial charge in [0.2, 0.25) is 5.91 Å². The van der Waals surface area contributed by atoms with Crippen LogP contribution in [0.2, 0.25) is 0 Å². The number of rotatable bonds is 8. The van der Waals surface area contributed by atoms with E-state index in [0.717, 1.165) is 34.5 Å². The fourth-order valence-corrected chi connectivity index (χ4v) is 4.28. The molecule has 0 spiro atoms. The van der Waals surface area contributed by atoms with Crippen molar-refractivity contribution in [3.8, 4) is 16.8 Å². The Kier molecular flexibility index (Phi) is 8.57. The van der Waals surface area contributed by atoms with Gasteiger partial charge in [0.15, 0.2) is 0 Å². The van der Waals surface area contributed by atoms with Crippen LogP contribution in [0.5, 0.6) is 0 Å². The molecule has 0 atom stereocenters. The van der Waals surface area contributed by atoms with Gasteiger partial charge in [-0.2, -0.15) is 18.3 Å². The molecule has 1 heterocycles. The van der Waals surface area contributed by atoms with Crippen LogP contribution in [0, 0.1) is 13.8 Å². The molecule has 0 unspecified atom stereocenters. The van der Waals surface area contributed by atoms with Crippen LogP contribution >= 0.6 is 0 Å². The van der Waals surface area contributed by atoms with Crippen molar-refractivity contribution >= 4 is 23.4 Å². The standard InChI is InChI=1S/C30H30F3N5O2/c1-4-18-37(29(40)34-24-14-12-23(13-15-24)30(31,32)33)19-26(39)35-28-27(22-8-6-5-7-9-22)21(3)36-38(28)25-16-10-20(2)11-17-25/h5-17H,4,18-19H2,1-3H3,(H,34,40)(H,35,39). The molecule has 208 valence electrons. The summed E-state index contributed by atoms with van der Waals surface area (Å²) in [5.41, 5.74) is 3.56. The van der Waals surface area contributed by atoms with Crippen LogP contribution in [0.1, 0.15) is 30.2 Å². The molecule has 2 N–H and O–H groups in total. The van der Waals surface area contributed by atoms with Crippen LogP contribution in [-0.2, 0) is 11.0 Å². The number of hydrogen-bond acceptors (Lipinski definition) is 3. The molecule has 0 aliphatic heterocycles. The largest absolute Gasteiger partial charge is 0.416 e. The molecule has 0 saturated carbocycles. The molecule has 0 radical (unpaired) electrons. The van der Waals surface area contributed by atoms with E-state index in [0.29, 0.717) is 17.9 Å². The lowest BCUT2D eigenvalue weighted by Gasteiger charge is -2.22. The number of anilines is 2. The molecule has 0 aliphatic carbocycles. The molecule has 4 aromatic rings. The molecule has 4 rings (SSSR count). The number of nitrogens with zero attached hydrogens (tertiary/aromatic N) is 3. The van der Waals surface area contributed by atoms with Gasteiger partial charge in [-0.25, -0.2) is 9.48 Å². The molecular weight excluding hydrogens is 519 g/mol. The summed E-state index contributed by atoms with van der Waals surface area (Å²) in [5, 5.41) is 10.2. The number of hydrogen-bond donors (Lipinski definition) is 2. The first kappa shape index (κ1) is 28.4. The molecule has 3 aromatic carbocycles. The smallest absolute Gasteiger partial charge is 0.315 e. The number of nitrogens with one attached hydrogen (secondary N) is 2. The van der Waals surface area contributed by atoms with E-state index < -0.39 is 23.7 Å². The van der Waals surface area contributed by atoms with Crippen molar-refractivity contribution in [3.63, 3.8) is 0 Å². The van der Waals surface area contributed by atoms with Crippen molar-refractivity contribution in [2.24, 2.45) is 0 Å². The molecule has 0 aliphatic rings. The fourth-order valence-electron chi connectivity index (χ4n) is 4.28. The molecule has 10 heteroatoms. The summed E-state index contributed by atoms with van der Waals surface area (Å²) < 4.78 is 40.3. The van der Waals surface area contributed by atoms with Crippen LogP contribution in [0.25, 0.3) is 16.8 Å². The maximum absolute atomic E-state index is 13.3. The van der Waals surface area contributed by atoms with Gasteiger partial charge < -0.3 is 15.5 Å². The van der Waals surface area contributed by atoms with Crippen molar-refractivity contribution in [3.05, 3.63) is 95.7 Å². The third-order valence-electron chi connectivity index (χ3n) is 6.24. The summed E-state index contributed by atoms with van der Waals surface area (Å²) in [7, 11) is 0. The zero-order valence-electron chi connectivity index (χ0n) is 22.4. The van der Waals surface area contributed by atoms with Crippen molar-refractivity contribution in [2.75, 3.05) is 23.7 Å². The number of carbonyl (C=O) groups is 2. The van der Waals surface area contributed by atoms with Crippen molar-refractivity contribution < 1.29 is 22.8 Å². The summed E-state index contributed by atoms with van der Waals surface area (Å²) >= 11 is 0. The Morgan fingerprint density at radius 1 is 0.900 bits per heavy atom. The lowest BCUT2D eigenvalue weighted by molar-refractivity contribution is -0.137. The Morgan fingerprint density at radius 2 is 1.55 bits per heavy atom. The Hall–Kier alpha value is -4.60. The highest BCUT2D eigenvalue weighted by atomic mass is 19.4. The van der Waals surface area contributed by atoms with Gasteiger partial charge in [0.05, 0.1) is 16.9 Å². The molecule has 1 aromatic heterocycles. The number of benzene rings is 3. The first-order valence-corrected chi connectivity index (χ1v) is 12.8. The van der Waals surface area contributed by atoms with E-state index in [2.05, 4.69) is 10.6 Å². The van der Waals surface area contributed by atoms with Crippen LogP contribution in [0.15, 0.2) is 78.9 Å². The molecule has 0 bridgehead atoms. The monoisotopic (exact) mass is 549 g/mol. The maximum atomic E-state index is 13.3. The number of urea groups is 1. The lowest BCUT2D eigenvalue weighted by atomic mass is 10.1. The second kappa shape index (κ2) is 12.1. The van der Waals surface area contributed by atoms with Gasteiger partial charge in [-0.3, -0.25) is 4.79 Å². The topological polar surface area (TPSA) is 79.3 Å². The molecule has 0 fully saturated rings. The SMILES string of the molecule is CCCN(CC(=O)Nc1c(-c2ccccc2)c(C)nn1-c1ccc(C)cc1)C(=O)Nc1ccc(C(F)(F)F)cc1. The molecule has 3 amide bonds. The fraction of sp³-hybridized carbons (Fsp3) is 0.233.